The molecule has 0 unspecified atom stereocenters. The molecule has 110 valence electrons. The Morgan fingerprint density at radius 3 is 2.55 bits per heavy atom. The van der Waals surface area contributed by atoms with Crippen LogP contribution < -0.4 is 4.74 Å². The second kappa shape index (κ2) is 5.85. The van der Waals surface area contributed by atoms with Gasteiger partial charge in [0.05, 0.1) is 12.7 Å². The normalized spacial score (nSPS) is 10.6. The highest BCUT2D eigenvalue weighted by Gasteiger charge is 2.14. The van der Waals surface area contributed by atoms with Crippen LogP contribution in [-0.4, -0.2) is 23.7 Å². The number of aromatic nitrogens is 1. The van der Waals surface area contributed by atoms with Crippen LogP contribution in [0.3, 0.4) is 0 Å². The molecule has 2 aromatic carbocycles. The summed E-state index contributed by atoms with van der Waals surface area (Å²) in [6.45, 7) is 0.622. The second-order valence-corrected chi connectivity index (χ2v) is 5.02. The van der Waals surface area contributed by atoms with Crippen molar-refractivity contribution < 1.29 is 14.3 Å². The number of aldehydes is 1. The van der Waals surface area contributed by atoms with E-state index in [4.69, 9.17) is 4.74 Å². The van der Waals surface area contributed by atoms with E-state index in [0.29, 0.717) is 18.4 Å². The van der Waals surface area contributed by atoms with Gasteiger partial charge in [0, 0.05) is 23.6 Å². The van der Waals surface area contributed by atoms with Crippen LogP contribution in [0.2, 0.25) is 0 Å². The van der Waals surface area contributed by atoms with Crippen LogP contribution in [0.5, 0.6) is 5.75 Å². The standard InChI is InChI=1S/C18H15NO3/c1-22-14-8-6-13(7-9-14)10-19-11-16(18(21)12-20)15-4-2-3-5-17(15)19/h2-9,11-12H,10H2,1H3. The third kappa shape index (κ3) is 2.51. The smallest absolute Gasteiger partial charge is 0.227 e. The number of hydrogen-bond donors (Lipinski definition) is 0. The Bertz CT molecular complexity index is 831. The molecule has 0 aliphatic rings. The Kier molecular flexibility index (Phi) is 3.74. The average molecular weight is 293 g/mol. The Hall–Kier alpha value is -2.88. The number of carbonyl (C=O) groups excluding carboxylic acids is 2. The molecule has 0 atom stereocenters. The Morgan fingerprint density at radius 2 is 1.86 bits per heavy atom. The van der Waals surface area contributed by atoms with Crippen molar-refractivity contribution in [3.63, 3.8) is 0 Å². The van der Waals surface area contributed by atoms with Gasteiger partial charge in [0.1, 0.15) is 5.75 Å². The molecule has 0 radical (unpaired) electrons. The quantitative estimate of drug-likeness (QED) is 0.412. The summed E-state index contributed by atoms with van der Waals surface area (Å²) < 4.78 is 7.13. The summed E-state index contributed by atoms with van der Waals surface area (Å²) in [4.78, 5) is 22.6. The number of nitrogens with zero attached hydrogens (tertiary/aromatic N) is 1. The number of para-hydroxylation sites is 1. The van der Waals surface area contributed by atoms with Gasteiger partial charge in [0.25, 0.3) is 0 Å². The number of ether oxygens (including phenoxy) is 1. The molecule has 1 heterocycles. The van der Waals surface area contributed by atoms with Gasteiger partial charge in [-0.1, -0.05) is 30.3 Å². The molecule has 3 rings (SSSR count). The zero-order valence-corrected chi connectivity index (χ0v) is 12.2. The molecule has 4 nitrogen and oxygen atoms in total. The molecule has 0 spiro atoms. The lowest BCUT2D eigenvalue weighted by Gasteiger charge is -2.06. The SMILES string of the molecule is COc1ccc(Cn2cc(C(=O)C=O)c3ccccc32)cc1. The van der Waals surface area contributed by atoms with Crippen LogP contribution in [0, 0.1) is 0 Å². The zero-order valence-electron chi connectivity index (χ0n) is 12.2. The second-order valence-electron chi connectivity index (χ2n) is 5.02. The predicted octanol–water partition coefficient (Wildman–Crippen LogP) is 3.08. The van der Waals surface area contributed by atoms with Crippen molar-refractivity contribution >= 4 is 23.0 Å². The maximum absolute atomic E-state index is 11.8. The largest absolute Gasteiger partial charge is 0.497 e. The van der Waals surface area contributed by atoms with Gasteiger partial charge < -0.3 is 9.30 Å². The first-order valence-corrected chi connectivity index (χ1v) is 6.93. The molecule has 0 saturated heterocycles. The number of Topliss-reactive ketones (excluding diaryl/α,β-unsaturated/α-hetero) is 1. The summed E-state index contributed by atoms with van der Waals surface area (Å²) in [5.41, 5.74) is 2.47. The van der Waals surface area contributed by atoms with Crippen LogP contribution in [0.1, 0.15) is 15.9 Å². The summed E-state index contributed by atoms with van der Waals surface area (Å²) >= 11 is 0. The lowest BCUT2D eigenvalue weighted by atomic mass is 10.1. The van der Waals surface area contributed by atoms with Gasteiger partial charge in [0.15, 0.2) is 6.29 Å². The third-order valence-corrected chi connectivity index (χ3v) is 3.67. The first-order valence-electron chi connectivity index (χ1n) is 6.93. The van der Waals surface area contributed by atoms with E-state index in [1.54, 1.807) is 13.3 Å². The van der Waals surface area contributed by atoms with Gasteiger partial charge in [0.2, 0.25) is 5.78 Å². The Balaban J connectivity index is 2.02. The van der Waals surface area contributed by atoms with E-state index in [1.165, 1.54) is 0 Å². The number of hydrogen-bond acceptors (Lipinski definition) is 3. The molecule has 0 aliphatic heterocycles. The number of methoxy groups -OCH3 is 1. The minimum Gasteiger partial charge on any atom is -0.497 e. The van der Waals surface area contributed by atoms with Crippen LogP contribution in [0.4, 0.5) is 0 Å². The van der Waals surface area contributed by atoms with Crippen molar-refractivity contribution in [1.82, 2.24) is 4.57 Å². The van der Waals surface area contributed by atoms with Crippen LogP contribution in [-0.2, 0) is 11.3 Å². The van der Waals surface area contributed by atoms with Crippen molar-refractivity contribution in [2.45, 2.75) is 6.54 Å². The highest BCUT2D eigenvalue weighted by atomic mass is 16.5. The van der Waals surface area contributed by atoms with Gasteiger partial charge in [-0.3, -0.25) is 9.59 Å². The predicted molar refractivity (Wildman–Crippen MR) is 84.4 cm³/mol. The van der Waals surface area contributed by atoms with E-state index in [1.807, 2.05) is 53.1 Å². The number of fused-ring (bicyclic) bond motifs is 1. The van der Waals surface area contributed by atoms with E-state index < -0.39 is 5.78 Å². The summed E-state index contributed by atoms with van der Waals surface area (Å²) in [5.74, 6) is 0.308. The molecule has 4 heteroatoms. The van der Waals surface area contributed by atoms with Gasteiger partial charge in [-0.2, -0.15) is 0 Å². The van der Waals surface area contributed by atoms with E-state index in [2.05, 4.69) is 0 Å². The van der Waals surface area contributed by atoms with Gasteiger partial charge >= 0.3 is 0 Å². The first kappa shape index (κ1) is 14.1. The van der Waals surface area contributed by atoms with Crippen molar-refractivity contribution in [3.8, 4) is 5.75 Å². The lowest BCUT2D eigenvalue weighted by Crippen LogP contribution is -2.00. The molecule has 1 aromatic heterocycles. The number of carbonyl (C=O) groups is 2. The molecule has 0 N–H and O–H groups in total. The minimum absolute atomic E-state index is 0.361. The molecule has 0 amide bonds. The molecular weight excluding hydrogens is 278 g/mol. The van der Waals surface area contributed by atoms with Crippen molar-refractivity contribution in [2.24, 2.45) is 0 Å². The molecule has 0 aliphatic carbocycles. The fourth-order valence-corrected chi connectivity index (χ4v) is 2.57. The summed E-state index contributed by atoms with van der Waals surface area (Å²) in [6, 6.07) is 15.3. The fourth-order valence-electron chi connectivity index (χ4n) is 2.57. The molecule has 22 heavy (non-hydrogen) atoms. The molecule has 0 bridgehead atoms. The molecular formula is C18H15NO3. The summed E-state index contributed by atoms with van der Waals surface area (Å²) in [7, 11) is 1.63. The molecule has 3 aromatic rings. The van der Waals surface area contributed by atoms with Crippen molar-refractivity contribution in [1.29, 1.82) is 0 Å². The molecule has 0 fully saturated rings. The topological polar surface area (TPSA) is 48.3 Å². The highest BCUT2D eigenvalue weighted by Crippen LogP contribution is 2.23. The number of rotatable bonds is 5. The van der Waals surface area contributed by atoms with Gasteiger partial charge in [-0.25, -0.2) is 0 Å². The summed E-state index contributed by atoms with van der Waals surface area (Å²) in [5, 5.41) is 0.799. The van der Waals surface area contributed by atoms with Crippen LogP contribution >= 0.6 is 0 Å². The maximum Gasteiger partial charge on any atom is 0.227 e. The first-order chi connectivity index (χ1) is 10.7. The Labute approximate surface area is 127 Å². The summed E-state index contributed by atoms with van der Waals surface area (Å²) in [6.07, 6.45) is 2.10. The van der Waals surface area contributed by atoms with Crippen molar-refractivity contribution in [2.75, 3.05) is 7.11 Å². The van der Waals surface area contributed by atoms with E-state index in [9.17, 15) is 9.59 Å². The van der Waals surface area contributed by atoms with Crippen LogP contribution in [0.25, 0.3) is 10.9 Å². The lowest BCUT2D eigenvalue weighted by molar-refractivity contribution is -0.104. The zero-order chi connectivity index (χ0) is 15.5. The van der Waals surface area contributed by atoms with Crippen LogP contribution in [0.15, 0.2) is 54.7 Å². The van der Waals surface area contributed by atoms with Crippen molar-refractivity contribution in [3.05, 3.63) is 65.9 Å². The number of benzene rings is 2. The van der Waals surface area contributed by atoms with E-state index in [0.717, 1.165) is 22.2 Å². The number of ketones is 1. The van der Waals surface area contributed by atoms with Gasteiger partial charge in [-0.15, -0.1) is 0 Å². The monoisotopic (exact) mass is 293 g/mol. The molecule has 0 saturated carbocycles. The van der Waals surface area contributed by atoms with E-state index in [-0.39, 0.29) is 0 Å². The fraction of sp³-hybridized carbons (Fsp3) is 0.111. The van der Waals surface area contributed by atoms with Gasteiger partial charge in [-0.05, 0) is 23.8 Å². The third-order valence-electron chi connectivity index (χ3n) is 3.67. The maximum atomic E-state index is 11.8. The Morgan fingerprint density at radius 1 is 1.14 bits per heavy atom. The average Bonchev–Trinajstić information content (AvgIpc) is 2.94. The minimum atomic E-state index is -0.496. The highest BCUT2D eigenvalue weighted by molar-refractivity contribution is 6.36. The van der Waals surface area contributed by atoms with E-state index >= 15 is 0 Å².